The average molecular weight is 350 g/mol. The smallest absolute Gasteiger partial charge is 0.227 e. The van der Waals surface area contributed by atoms with Crippen LogP contribution in [0.15, 0.2) is 54.6 Å². The minimum Gasteiger partial charge on any atom is -0.353 e. The summed E-state index contributed by atoms with van der Waals surface area (Å²) in [5.74, 6) is -0.276. The van der Waals surface area contributed by atoms with Crippen LogP contribution < -0.4 is 10.2 Å². The number of nitrogens with one attached hydrogen (secondary N) is 1. The van der Waals surface area contributed by atoms with Crippen LogP contribution in [0.1, 0.15) is 30.9 Å². The molecule has 0 unspecified atom stereocenters. The van der Waals surface area contributed by atoms with E-state index in [1.54, 1.807) is 4.90 Å². The predicted octanol–water partition coefficient (Wildman–Crippen LogP) is 3.49. The first-order valence-corrected chi connectivity index (χ1v) is 9.24. The van der Waals surface area contributed by atoms with Crippen molar-refractivity contribution in [3.63, 3.8) is 0 Å². The molecule has 0 saturated carbocycles. The maximum absolute atomic E-state index is 12.6. The zero-order valence-corrected chi connectivity index (χ0v) is 15.4. The highest BCUT2D eigenvalue weighted by Crippen LogP contribution is 2.25. The maximum Gasteiger partial charge on any atom is 0.227 e. The Hall–Kier alpha value is -2.62. The third-order valence-corrected chi connectivity index (χ3v) is 4.94. The van der Waals surface area contributed by atoms with Crippen molar-refractivity contribution in [1.29, 1.82) is 0 Å². The van der Waals surface area contributed by atoms with Crippen LogP contribution in [0.25, 0.3) is 0 Å². The molecule has 26 heavy (non-hydrogen) atoms. The number of anilines is 1. The molecule has 1 saturated heterocycles. The number of benzene rings is 2. The Balaban J connectivity index is 1.52. The van der Waals surface area contributed by atoms with Crippen LogP contribution >= 0.6 is 0 Å². The molecule has 2 aromatic rings. The largest absolute Gasteiger partial charge is 0.353 e. The lowest BCUT2D eigenvalue weighted by molar-refractivity contribution is -0.126. The molecule has 0 radical (unpaired) electrons. The predicted molar refractivity (Wildman–Crippen MR) is 104 cm³/mol. The molecule has 0 aromatic heterocycles. The summed E-state index contributed by atoms with van der Waals surface area (Å²) in [4.78, 5) is 26.6. The lowest BCUT2D eigenvalue weighted by atomic mass is 10.0. The van der Waals surface area contributed by atoms with Crippen molar-refractivity contribution in [2.24, 2.45) is 5.92 Å². The van der Waals surface area contributed by atoms with Gasteiger partial charge in [0.25, 0.3) is 0 Å². The van der Waals surface area contributed by atoms with Crippen molar-refractivity contribution in [2.45, 2.75) is 39.2 Å². The number of nitrogens with zero attached hydrogens (tertiary/aromatic N) is 1. The number of carbonyl (C=O) groups excluding carboxylic acids is 2. The molecule has 1 aliphatic heterocycles. The molecule has 4 heteroatoms. The molecule has 3 rings (SSSR count). The molecular weight excluding hydrogens is 324 g/mol. The quantitative estimate of drug-likeness (QED) is 0.867. The fraction of sp³-hybridized carbons (Fsp3) is 0.364. The van der Waals surface area contributed by atoms with Gasteiger partial charge in [0, 0.05) is 24.7 Å². The maximum atomic E-state index is 12.6. The monoisotopic (exact) mass is 350 g/mol. The van der Waals surface area contributed by atoms with Crippen LogP contribution in [0.3, 0.4) is 0 Å². The highest BCUT2D eigenvalue weighted by atomic mass is 16.2. The number of hydrogen-bond acceptors (Lipinski definition) is 2. The van der Waals surface area contributed by atoms with Crippen molar-refractivity contribution in [3.05, 3.63) is 65.7 Å². The van der Waals surface area contributed by atoms with Crippen LogP contribution in [0, 0.1) is 12.8 Å². The van der Waals surface area contributed by atoms with Gasteiger partial charge in [-0.15, -0.1) is 0 Å². The number of amides is 2. The van der Waals surface area contributed by atoms with Gasteiger partial charge in [0.1, 0.15) is 0 Å². The van der Waals surface area contributed by atoms with Crippen molar-refractivity contribution < 1.29 is 9.59 Å². The van der Waals surface area contributed by atoms with Gasteiger partial charge in [-0.1, -0.05) is 48.0 Å². The van der Waals surface area contributed by atoms with Gasteiger partial charge >= 0.3 is 0 Å². The fourth-order valence-corrected chi connectivity index (χ4v) is 3.32. The third-order valence-electron chi connectivity index (χ3n) is 4.94. The summed E-state index contributed by atoms with van der Waals surface area (Å²) in [6.45, 7) is 4.50. The summed E-state index contributed by atoms with van der Waals surface area (Å²) < 4.78 is 0. The van der Waals surface area contributed by atoms with Crippen LogP contribution in [0.2, 0.25) is 0 Å². The van der Waals surface area contributed by atoms with Gasteiger partial charge in [-0.3, -0.25) is 9.59 Å². The minimum atomic E-state index is -0.275. The molecule has 1 aliphatic rings. The second-order valence-corrected chi connectivity index (χ2v) is 7.17. The van der Waals surface area contributed by atoms with E-state index in [9.17, 15) is 9.59 Å². The van der Waals surface area contributed by atoms with E-state index in [1.807, 2.05) is 56.3 Å². The number of rotatable bonds is 6. The van der Waals surface area contributed by atoms with E-state index in [0.29, 0.717) is 6.54 Å². The highest BCUT2D eigenvalue weighted by Gasteiger charge is 2.35. The summed E-state index contributed by atoms with van der Waals surface area (Å²) in [6, 6.07) is 18.2. The SMILES string of the molecule is Cc1ccc(N2C[C@H](C(=O)N[C@H](C)CCc3ccccc3)CC2=O)cc1. The topological polar surface area (TPSA) is 49.4 Å². The standard InChI is InChI=1S/C22H26N2O2/c1-16-8-12-20(13-9-16)24-15-19(14-21(24)25)22(26)23-17(2)10-11-18-6-4-3-5-7-18/h3-9,12-13,17,19H,10-11,14-15H2,1-2H3,(H,23,26)/t17-,19-/m1/s1. The molecule has 1 N–H and O–H groups in total. The zero-order valence-electron chi connectivity index (χ0n) is 15.4. The van der Waals surface area contributed by atoms with Crippen LogP contribution in [-0.4, -0.2) is 24.4 Å². The number of hydrogen-bond donors (Lipinski definition) is 1. The highest BCUT2D eigenvalue weighted by molar-refractivity contribution is 6.00. The van der Waals surface area contributed by atoms with E-state index in [2.05, 4.69) is 17.4 Å². The molecule has 2 aromatic carbocycles. The summed E-state index contributed by atoms with van der Waals surface area (Å²) >= 11 is 0. The molecule has 0 spiro atoms. The Kier molecular flexibility index (Phi) is 5.71. The van der Waals surface area contributed by atoms with Gasteiger partial charge in [0.15, 0.2) is 0 Å². The third kappa shape index (κ3) is 4.51. The van der Waals surface area contributed by atoms with E-state index >= 15 is 0 Å². The van der Waals surface area contributed by atoms with E-state index < -0.39 is 0 Å². The number of aryl methyl sites for hydroxylation is 2. The summed E-state index contributed by atoms with van der Waals surface area (Å²) in [7, 11) is 0. The second kappa shape index (κ2) is 8.17. The van der Waals surface area contributed by atoms with Crippen LogP contribution in [-0.2, 0) is 16.0 Å². The molecule has 1 heterocycles. The Morgan fingerprint density at radius 1 is 1.15 bits per heavy atom. The van der Waals surface area contributed by atoms with Gasteiger partial charge in [-0.25, -0.2) is 0 Å². The van der Waals surface area contributed by atoms with Crippen molar-refractivity contribution >= 4 is 17.5 Å². The fourth-order valence-electron chi connectivity index (χ4n) is 3.32. The van der Waals surface area contributed by atoms with Gasteiger partial charge in [-0.2, -0.15) is 0 Å². The summed E-state index contributed by atoms with van der Waals surface area (Å²) in [5.41, 5.74) is 3.30. The molecule has 1 fully saturated rings. The lowest BCUT2D eigenvalue weighted by Gasteiger charge is -2.19. The Labute approximate surface area is 155 Å². The molecule has 2 amide bonds. The van der Waals surface area contributed by atoms with Gasteiger partial charge < -0.3 is 10.2 Å². The van der Waals surface area contributed by atoms with Gasteiger partial charge in [0.2, 0.25) is 11.8 Å². The van der Waals surface area contributed by atoms with E-state index in [-0.39, 0.29) is 30.2 Å². The summed E-state index contributed by atoms with van der Waals surface area (Å²) in [6.07, 6.45) is 2.10. The Morgan fingerprint density at radius 3 is 2.54 bits per heavy atom. The van der Waals surface area contributed by atoms with Crippen molar-refractivity contribution in [2.75, 3.05) is 11.4 Å². The van der Waals surface area contributed by atoms with Crippen LogP contribution in [0.4, 0.5) is 5.69 Å². The lowest BCUT2D eigenvalue weighted by Crippen LogP contribution is -2.38. The average Bonchev–Trinajstić information content (AvgIpc) is 3.03. The molecule has 2 atom stereocenters. The first-order valence-electron chi connectivity index (χ1n) is 9.24. The molecule has 0 bridgehead atoms. The zero-order chi connectivity index (χ0) is 18.5. The summed E-state index contributed by atoms with van der Waals surface area (Å²) in [5, 5.41) is 3.08. The minimum absolute atomic E-state index is 0.0194. The van der Waals surface area contributed by atoms with E-state index in [1.165, 1.54) is 5.56 Å². The van der Waals surface area contributed by atoms with Crippen molar-refractivity contribution in [1.82, 2.24) is 5.32 Å². The van der Waals surface area contributed by atoms with E-state index in [0.717, 1.165) is 24.1 Å². The molecule has 0 aliphatic carbocycles. The molecule has 136 valence electrons. The first kappa shape index (κ1) is 18.2. The van der Waals surface area contributed by atoms with Gasteiger partial charge in [0.05, 0.1) is 5.92 Å². The molecular formula is C22H26N2O2. The Morgan fingerprint density at radius 2 is 1.85 bits per heavy atom. The Bertz CT molecular complexity index is 755. The molecule has 4 nitrogen and oxygen atoms in total. The van der Waals surface area contributed by atoms with E-state index in [4.69, 9.17) is 0 Å². The van der Waals surface area contributed by atoms with Crippen LogP contribution in [0.5, 0.6) is 0 Å². The number of carbonyl (C=O) groups is 2. The second-order valence-electron chi connectivity index (χ2n) is 7.17. The van der Waals surface area contributed by atoms with Gasteiger partial charge in [-0.05, 0) is 44.4 Å². The first-order chi connectivity index (χ1) is 12.5. The normalized spacial score (nSPS) is 18.0. The van der Waals surface area contributed by atoms with Crippen molar-refractivity contribution in [3.8, 4) is 0 Å².